The summed E-state index contributed by atoms with van der Waals surface area (Å²) in [6.45, 7) is 1.33. The quantitative estimate of drug-likeness (QED) is 0.706. The van der Waals surface area contributed by atoms with Gasteiger partial charge in [-0.3, -0.25) is 0 Å². The Kier molecular flexibility index (Phi) is 3.82. The lowest BCUT2D eigenvalue weighted by molar-refractivity contribution is -0.164. The zero-order valence-corrected chi connectivity index (χ0v) is 8.64. The van der Waals surface area contributed by atoms with Gasteiger partial charge in [0.2, 0.25) is 0 Å². The van der Waals surface area contributed by atoms with Crippen LogP contribution in [0, 0.1) is 0 Å². The van der Waals surface area contributed by atoms with Gasteiger partial charge in [-0.2, -0.15) is 0 Å². The van der Waals surface area contributed by atoms with Crippen molar-refractivity contribution in [2.75, 3.05) is 6.54 Å². The van der Waals surface area contributed by atoms with E-state index in [1.165, 1.54) is 6.92 Å². The smallest absolute Gasteiger partial charge is 0.339 e. The Bertz CT molecular complexity index is 322. The summed E-state index contributed by atoms with van der Waals surface area (Å²) in [6, 6.07) is 9.25. The van der Waals surface area contributed by atoms with E-state index in [9.17, 15) is 9.90 Å². The molecule has 1 rings (SSSR count). The summed E-state index contributed by atoms with van der Waals surface area (Å²) in [7, 11) is 0. The number of rotatable bonds is 4. The summed E-state index contributed by atoms with van der Waals surface area (Å²) in [5.74, 6) is -0.700. The molecule has 0 fully saturated rings. The van der Waals surface area contributed by atoms with Gasteiger partial charge in [-0.15, -0.1) is 0 Å². The lowest BCUT2D eigenvalue weighted by Gasteiger charge is -2.18. The van der Waals surface area contributed by atoms with Crippen molar-refractivity contribution in [2.24, 2.45) is 5.73 Å². The third kappa shape index (κ3) is 3.34. The average molecular weight is 209 g/mol. The second kappa shape index (κ2) is 4.91. The summed E-state index contributed by atoms with van der Waals surface area (Å²) in [5.41, 5.74) is 4.50. The number of carbonyl (C=O) groups is 1. The Morgan fingerprint density at radius 3 is 2.60 bits per heavy atom. The highest BCUT2D eigenvalue weighted by Gasteiger charge is 2.30. The largest absolute Gasteiger partial charge is 0.459 e. The van der Waals surface area contributed by atoms with E-state index in [-0.39, 0.29) is 13.2 Å². The molecule has 1 unspecified atom stereocenters. The van der Waals surface area contributed by atoms with Gasteiger partial charge in [0.1, 0.15) is 6.61 Å². The number of benzene rings is 1. The molecule has 0 aliphatic carbocycles. The molecule has 0 heterocycles. The molecule has 4 nitrogen and oxygen atoms in total. The fraction of sp³-hybridized carbons (Fsp3) is 0.364. The number of esters is 1. The minimum Gasteiger partial charge on any atom is -0.459 e. The molecule has 1 aromatic carbocycles. The number of hydrogen-bond donors (Lipinski definition) is 2. The maximum atomic E-state index is 11.3. The third-order valence-electron chi connectivity index (χ3n) is 2.05. The molecule has 15 heavy (non-hydrogen) atoms. The van der Waals surface area contributed by atoms with Crippen LogP contribution in [0.15, 0.2) is 30.3 Å². The van der Waals surface area contributed by atoms with E-state index in [0.29, 0.717) is 0 Å². The molecular formula is C11H15NO3. The molecule has 0 saturated heterocycles. The molecule has 0 aliphatic rings. The van der Waals surface area contributed by atoms with Crippen LogP contribution in [-0.2, 0) is 16.1 Å². The van der Waals surface area contributed by atoms with Gasteiger partial charge >= 0.3 is 5.97 Å². The number of carbonyl (C=O) groups excluding carboxylic acids is 1. The second-order valence-electron chi connectivity index (χ2n) is 3.54. The molecule has 0 bridgehead atoms. The average Bonchev–Trinajstić information content (AvgIpc) is 2.27. The van der Waals surface area contributed by atoms with Crippen molar-refractivity contribution < 1.29 is 14.6 Å². The van der Waals surface area contributed by atoms with Crippen molar-refractivity contribution in [3.05, 3.63) is 35.9 Å². The fourth-order valence-electron chi connectivity index (χ4n) is 0.962. The number of hydrogen-bond acceptors (Lipinski definition) is 4. The minimum atomic E-state index is -1.60. The van der Waals surface area contributed by atoms with E-state index in [2.05, 4.69) is 0 Å². The highest BCUT2D eigenvalue weighted by Crippen LogP contribution is 2.07. The molecule has 82 valence electrons. The molecule has 0 aliphatic heterocycles. The van der Waals surface area contributed by atoms with Crippen LogP contribution < -0.4 is 5.73 Å². The molecule has 0 amide bonds. The van der Waals surface area contributed by atoms with Crippen LogP contribution in [0.4, 0.5) is 0 Å². The van der Waals surface area contributed by atoms with Crippen molar-refractivity contribution in [3.63, 3.8) is 0 Å². The van der Waals surface area contributed by atoms with Crippen molar-refractivity contribution >= 4 is 5.97 Å². The Balaban J connectivity index is 2.48. The molecule has 0 saturated carbocycles. The van der Waals surface area contributed by atoms with Crippen LogP contribution in [0.1, 0.15) is 12.5 Å². The zero-order chi connectivity index (χ0) is 11.3. The molecule has 4 heteroatoms. The van der Waals surface area contributed by atoms with Crippen LogP contribution >= 0.6 is 0 Å². The molecule has 0 spiro atoms. The molecule has 1 atom stereocenters. The number of nitrogens with two attached hydrogens (primary N) is 1. The molecule has 0 radical (unpaired) electrons. The first-order chi connectivity index (χ1) is 7.06. The Labute approximate surface area is 88.7 Å². The van der Waals surface area contributed by atoms with E-state index in [0.717, 1.165) is 5.56 Å². The van der Waals surface area contributed by atoms with Crippen molar-refractivity contribution in [3.8, 4) is 0 Å². The molecule has 0 aromatic heterocycles. The maximum Gasteiger partial charge on any atom is 0.339 e. The first kappa shape index (κ1) is 11.7. The first-order valence-corrected chi connectivity index (χ1v) is 4.70. The van der Waals surface area contributed by atoms with E-state index in [1.54, 1.807) is 0 Å². The van der Waals surface area contributed by atoms with E-state index >= 15 is 0 Å². The predicted molar refractivity (Wildman–Crippen MR) is 55.9 cm³/mol. The predicted octanol–water partition coefficient (Wildman–Crippen LogP) is 0.439. The van der Waals surface area contributed by atoms with Crippen LogP contribution in [0.3, 0.4) is 0 Å². The summed E-state index contributed by atoms with van der Waals surface area (Å²) in [5, 5.41) is 9.47. The van der Waals surface area contributed by atoms with Gasteiger partial charge in [0.15, 0.2) is 5.60 Å². The normalized spacial score (nSPS) is 14.3. The zero-order valence-electron chi connectivity index (χ0n) is 8.64. The Morgan fingerprint density at radius 1 is 1.47 bits per heavy atom. The lowest BCUT2D eigenvalue weighted by Crippen LogP contribution is -2.43. The monoisotopic (exact) mass is 209 g/mol. The highest BCUT2D eigenvalue weighted by molar-refractivity contribution is 5.79. The lowest BCUT2D eigenvalue weighted by atomic mass is 10.1. The number of ether oxygens (including phenoxy) is 1. The molecular weight excluding hydrogens is 194 g/mol. The van der Waals surface area contributed by atoms with Crippen LogP contribution in [0.25, 0.3) is 0 Å². The van der Waals surface area contributed by atoms with Crippen LogP contribution in [-0.4, -0.2) is 23.2 Å². The van der Waals surface area contributed by atoms with Gasteiger partial charge in [0.05, 0.1) is 0 Å². The van der Waals surface area contributed by atoms with Gasteiger partial charge in [0, 0.05) is 6.54 Å². The van der Waals surface area contributed by atoms with Crippen molar-refractivity contribution in [2.45, 2.75) is 19.1 Å². The van der Waals surface area contributed by atoms with Crippen molar-refractivity contribution in [1.29, 1.82) is 0 Å². The summed E-state index contributed by atoms with van der Waals surface area (Å²) in [6.07, 6.45) is 0. The first-order valence-electron chi connectivity index (χ1n) is 4.70. The molecule has 3 N–H and O–H groups in total. The van der Waals surface area contributed by atoms with E-state index in [1.807, 2.05) is 30.3 Å². The van der Waals surface area contributed by atoms with Gasteiger partial charge in [-0.1, -0.05) is 30.3 Å². The van der Waals surface area contributed by atoms with Gasteiger partial charge in [-0.25, -0.2) is 4.79 Å². The van der Waals surface area contributed by atoms with E-state index in [4.69, 9.17) is 10.5 Å². The standard InChI is InChI=1S/C11H15NO3/c1-11(14,8-12)10(13)15-7-9-5-3-2-4-6-9/h2-6,14H,7-8,12H2,1H3. The summed E-state index contributed by atoms with van der Waals surface area (Å²) >= 11 is 0. The topological polar surface area (TPSA) is 72.5 Å². The Hall–Kier alpha value is -1.39. The highest BCUT2D eigenvalue weighted by atomic mass is 16.5. The second-order valence-corrected chi connectivity index (χ2v) is 3.54. The van der Waals surface area contributed by atoms with Gasteiger partial charge in [-0.05, 0) is 12.5 Å². The van der Waals surface area contributed by atoms with Gasteiger partial charge in [0.25, 0.3) is 0 Å². The maximum absolute atomic E-state index is 11.3. The Morgan fingerprint density at radius 2 is 2.07 bits per heavy atom. The SMILES string of the molecule is CC(O)(CN)C(=O)OCc1ccccc1. The number of aliphatic hydroxyl groups is 1. The van der Waals surface area contributed by atoms with Crippen molar-refractivity contribution in [1.82, 2.24) is 0 Å². The fourth-order valence-corrected chi connectivity index (χ4v) is 0.962. The third-order valence-corrected chi connectivity index (χ3v) is 2.05. The van der Waals surface area contributed by atoms with Gasteiger partial charge < -0.3 is 15.6 Å². The summed E-state index contributed by atoms with van der Waals surface area (Å²) < 4.78 is 4.91. The minimum absolute atomic E-state index is 0.149. The van der Waals surface area contributed by atoms with E-state index < -0.39 is 11.6 Å². The van der Waals surface area contributed by atoms with Crippen LogP contribution in [0.2, 0.25) is 0 Å². The van der Waals surface area contributed by atoms with Crippen LogP contribution in [0.5, 0.6) is 0 Å². The summed E-state index contributed by atoms with van der Waals surface area (Å²) in [4.78, 5) is 11.3. The molecule has 1 aromatic rings.